The normalized spacial score (nSPS) is 24.2. The molecule has 3 rings (SSSR count). The molecule has 3 unspecified atom stereocenters. The zero-order valence-electron chi connectivity index (χ0n) is 16.4. The number of carboxylic acids is 1. The van der Waals surface area contributed by atoms with Crippen LogP contribution in [0.3, 0.4) is 0 Å². The first-order chi connectivity index (χ1) is 13.2. The molecule has 0 bridgehead atoms. The molecule has 1 aliphatic heterocycles. The SMILES string of the molecule is CC(C)C1(C(C)C)SC(O)C(OC(=O)C(C(=O)O)C2=Cc3ccccc3C2)S1. The summed E-state index contributed by atoms with van der Waals surface area (Å²) < 4.78 is 5.26. The molecule has 1 fully saturated rings. The van der Waals surface area contributed by atoms with E-state index < -0.39 is 28.7 Å². The van der Waals surface area contributed by atoms with Gasteiger partial charge < -0.3 is 14.9 Å². The first-order valence-corrected chi connectivity index (χ1v) is 11.2. The Labute approximate surface area is 173 Å². The zero-order valence-corrected chi connectivity index (χ0v) is 18.0. The number of fused-ring (bicyclic) bond motifs is 1. The van der Waals surface area contributed by atoms with Crippen molar-refractivity contribution in [3.63, 3.8) is 0 Å². The lowest BCUT2D eigenvalue weighted by atomic mass is 9.97. The molecule has 0 radical (unpaired) electrons. The minimum absolute atomic E-state index is 0.253. The number of carbonyl (C=O) groups excluding carboxylic acids is 1. The number of esters is 1. The van der Waals surface area contributed by atoms with Gasteiger partial charge in [0.1, 0.15) is 5.44 Å². The summed E-state index contributed by atoms with van der Waals surface area (Å²) in [5, 5.41) is 20.2. The van der Waals surface area contributed by atoms with Gasteiger partial charge >= 0.3 is 11.9 Å². The molecule has 1 aromatic carbocycles. The number of hydrogen-bond acceptors (Lipinski definition) is 6. The number of thioether (sulfide) groups is 2. The van der Waals surface area contributed by atoms with Crippen molar-refractivity contribution in [1.82, 2.24) is 0 Å². The second-order valence-corrected chi connectivity index (χ2v) is 10.9. The molecular formula is C21H26O5S2. The van der Waals surface area contributed by atoms with Crippen LogP contribution in [0.5, 0.6) is 0 Å². The summed E-state index contributed by atoms with van der Waals surface area (Å²) in [7, 11) is 0. The number of aliphatic carboxylic acids is 1. The van der Waals surface area contributed by atoms with Gasteiger partial charge in [-0.15, -0.1) is 11.8 Å². The molecule has 1 heterocycles. The van der Waals surface area contributed by atoms with Crippen molar-refractivity contribution < 1.29 is 24.5 Å². The predicted octanol–water partition coefficient (Wildman–Crippen LogP) is 4.00. The summed E-state index contributed by atoms with van der Waals surface area (Å²) in [6.07, 6.45) is 2.17. The van der Waals surface area contributed by atoms with Gasteiger partial charge in [0.25, 0.3) is 0 Å². The van der Waals surface area contributed by atoms with Crippen LogP contribution in [0.2, 0.25) is 0 Å². The molecule has 3 atom stereocenters. The van der Waals surface area contributed by atoms with Crippen molar-refractivity contribution in [3.8, 4) is 0 Å². The van der Waals surface area contributed by atoms with Crippen molar-refractivity contribution >= 4 is 41.5 Å². The highest BCUT2D eigenvalue weighted by Crippen LogP contribution is 2.59. The summed E-state index contributed by atoms with van der Waals surface area (Å²) in [4.78, 5) is 24.7. The van der Waals surface area contributed by atoms with Gasteiger partial charge in [0.05, 0.1) is 4.08 Å². The van der Waals surface area contributed by atoms with Gasteiger partial charge in [-0.25, -0.2) is 0 Å². The van der Waals surface area contributed by atoms with E-state index >= 15 is 0 Å². The van der Waals surface area contributed by atoms with Crippen molar-refractivity contribution in [2.24, 2.45) is 17.8 Å². The Morgan fingerprint density at radius 1 is 1.14 bits per heavy atom. The summed E-state index contributed by atoms with van der Waals surface area (Å²) in [5.41, 5.74) is 0.779. The molecule has 0 amide bonds. The van der Waals surface area contributed by atoms with E-state index in [-0.39, 0.29) is 15.9 Å². The van der Waals surface area contributed by atoms with Crippen LogP contribution in [0, 0.1) is 17.8 Å². The average molecular weight is 423 g/mol. The Hall–Kier alpha value is -1.44. The third-order valence-corrected chi connectivity index (χ3v) is 9.77. The number of rotatable bonds is 6. The second kappa shape index (κ2) is 8.13. The molecule has 0 spiro atoms. The Morgan fingerprint density at radius 2 is 1.79 bits per heavy atom. The molecule has 0 saturated carbocycles. The monoisotopic (exact) mass is 422 g/mol. The third kappa shape index (κ3) is 3.84. The molecule has 2 aliphatic rings. The molecule has 1 aromatic rings. The van der Waals surface area contributed by atoms with Gasteiger partial charge in [-0.1, -0.05) is 69.8 Å². The number of carboxylic acid groups (broad SMARTS) is 1. The molecular weight excluding hydrogens is 396 g/mol. The minimum atomic E-state index is -1.36. The highest BCUT2D eigenvalue weighted by atomic mass is 32.2. The van der Waals surface area contributed by atoms with E-state index in [0.29, 0.717) is 12.0 Å². The van der Waals surface area contributed by atoms with Gasteiger partial charge in [-0.2, -0.15) is 0 Å². The van der Waals surface area contributed by atoms with E-state index in [0.717, 1.165) is 11.1 Å². The van der Waals surface area contributed by atoms with E-state index in [1.54, 1.807) is 6.08 Å². The maximum atomic E-state index is 12.8. The van der Waals surface area contributed by atoms with Crippen LogP contribution in [0.1, 0.15) is 38.8 Å². The highest BCUT2D eigenvalue weighted by molar-refractivity contribution is 8.21. The van der Waals surface area contributed by atoms with Crippen molar-refractivity contribution in [2.75, 3.05) is 0 Å². The fourth-order valence-electron chi connectivity index (χ4n) is 3.89. The summed E-state index contributed by atoms with van der Waals surface area (Å²) >= 11 is 2.83. The molecule has 0 aromatic heterocycles. The van der Waals surface area contributed by atoms with E-state index in [2.05, 4.69) is 27.7 Å². The van der Waals surface area contributed by atoms with Gasteiger partial charge in [-0.05, 0) is 35.0 Å². The first-order valence-electron chi connectivity index (χ1n) is 9.41. The number of aliphatic hydroxyl groups excluding tert-OH is 1. The van der Waals surface area contributed by atoms with Crippen molar-refractivity contribution in [2.45, 2.75) is 49.1 Å². The molecule has 2 N–H and O–H groups in total. The Bertz CT molecular complexity index is 794. The lowest BCUT2D eigenvalue weighted by molar-refractivity contribution is -0.158. The fourth-order valence-corrected chi connectivity index (χ4v) is 7.28. The maximum Gasteiger partial charge on any atom is 0.325 e. The second-order valence-electron chi connectivity index (χ2n) is 7.83. The molecule has 152 valence electrons. The maximum absolute atomic E-state index is 12.8. The number of carbonyl (C=O) groups is 2. The lowest BCUT2D eigenvalue weighted by Crippen LogP contribution is -2.33. The van der Waals surface area contributed by atoms with Crippen LogP contribution in [0.15, 0.2) is 29.8 Å². The van der Waals surface area contributed by atoms with E-state index in [1.807, 2.05) is 24.3 Å². The average Bonchev–Trinajstić information content (AvgIpc) is 3.16. The Balaban J connectivity index is 1.77. The van der Waals surface area contributed by atoms with Crippen molar-refractivity contribution in [1.29, 1.82) is 0 Å². The number of ether oxygens (including phenoxy) is 1. The fraction of sp³-hybridized carbons (Fsp3) is 0.524. The molecule has 7 heteroatoms. The summed E-state index contributed by atoms with van der Waals surface area (Å²) in [6.45, 7) is 8.32. The van der Waals surface area contributed by atoms with Crippen LogP contribution < -0.4 is 0 Å². The van der Waals surface area contributed by atoms with Gasteiger partial charge in [0.2, 0.25) is 0 Å². The largest absolute Gasteiger partial charge is 0.480 e. The first kappa shape index (κ1) is 21.3. The lowest BCUT2D eigenvalue weighted by Gasteiger charge is -2.35. The van der Waals surface area contributed by atoms with E-state index in [1.165, 1.54) is 23.5 Å². The van der Waals surface area contributed by atoms with Gasteiger partial charge in [-0.3, -0.25) is 9.59 Å². The quantitative estimate of drug-likeness (QED) is 0.529. The molecule has 1 aliphatic carbocycles. The minimum Gasteiger partial charge on any atom is -0.480 e. The molecule has 1 saturated heterocycles. The third-order valence-electron chi connectivity index (χ3n) is 5.32. The molecule has 28 heavy (non-hydrogen) atoms. The molecule has 5 nitrogen and oxygen atoms in total. The predicted molar refractivity (Wildman–Crippen MR) is 113 cm³/mol. The van der Waals surface area contributed by atoms with E-state index in [4.69, 9.17) is 4.74 Å². The number of hydrogen-bond donors (Lipinski definition) is 2. The highest BCUT2D eigenvalue weighted by Gasteiger charge is 2.52. The van der Waals surface area contributed by atoms with E-state index in [9.17, 15) is 19.8 Å². The van der Waals surface area contributed by atoms with Gasteiger partial charge in [0.15, 0.2) is 11.4 Å². The van der Waals surface area contributed by atoms with Crippen LogP contribution >= 0.6 is 23.5 Å². The van der Waals surface area contributed by atoms with Crippen LogP contribution in [-0.2, 0) is 20.7 Å². The zero-order chi connectivity index (χ0) is 20.6. The standard InChI is InChI=1S/C21H26O5S2/c1-11(2)21(12(3)4)27-19(25)20(28-21)26-18(24)16(17(22)23)15-9-13-7-5-6-8-14(13)10-15/h5-9,11-12,16,19-20,25H,10H2,1-4H3,(H,22,23). The Kier molecular flexibility index (Phi) is 6.17. The Morgan fingerprint density at radius 3 is 2.32 bits per heavy atom. The number of aliphatic hydroxyl groups is 1. The topological polar surface area (TPSA) is 83.8 Å². The number of benzene rings is 1. The van der Waals surface area contributed by atoms with Crippen LogP contribution in [-0.4, -0.2) is 37.1 Å². The van der Waals surface area contributed by atoms with Gasteiger partial charge in [0, 0.05) is 0 Å². The van der Waals surface area contributed by atoms with Crippen molar-refractivity contribution in [3.05, 3.63) is 41.0 Å². The van der Waals surface area contributed by atoms with Crippen LogP contribution in [0.25, 0.3) is 6.08 Å². The summed E-state index contributed by atoms with van der Waals surface area (Å²) in [6, 6.07) is 7.60. The summed E-state index contributed by atoms with van der Waals surface area (Å²) in [5.74, 6) is -2.90. The smallest absolute Gasteiger partial charge is 0.325 e. The van der Waals surface area contributed by atoms with Crippen LogP contribution in [0.4, 0.5) is 0 Å².